The number of carbonyl (C=O) groups excluding carboxylic acids is 3. The Morgan fingerprint density at radius 2 is 1.91 bits per heavy atom. The minimum atomic E-state index is -0.180. The highest BCUT2D eigenvalue weighted by Crippen LogP contribution is 2.35. The van der Waals surface area contributed by atoms with E-state index >= 15 is 0 Å². The lowest BCUT2D eigenvalue weighted by Crippen LogP contribution is -2.34. The van der Waals surface area contributed by atoms with E-state index in [1.807, 2.05) is 12.2 Å². The normalized spacial score (nSPS) is 29.9. The maximum Gasteiger partial charge on any atom is 0.233 e. The standard InChI is InChI=1S/C17H24N2O4/c20-15(18-11-12-5-4-10-23-12)8-3-9-19-16(21)13-6-1-2-7-14(13)17(19)22/h1-2,12-14H,3-11H2,(H,18,20)/t12-,13+,14+/m1/s1. The summed E-state index contributed by atoms with van der Waals surface area (Å²) in [5.41, 5.74) is 0. The Bertz CT molecular complexity index is 485. The molecule has 23 heavy (non-hydrogen) atoms. The first-order chi connectivity index (χ1) is 11.2. The molecule has 2 aliphatic heterocycles. The summed E-state index contributed by atoms with van der Waals surface area (Å²) in [6, 6.07) is 0. The molecular weight excluding hydrogens is 296 g/mol. The maximum absolute atomic E-state index is 12.3. The number of nitrogens with one attached hydrogen (secondary N) is 1. The Labute approximate surface area is 136 Å². The number of nitrogens with zero attached hydrogens (tertiary/aromatic N) is 1. The van der Waals surface area contributed by atoms with Crippen LogP contribution >= 0.6 is 0 Å². The number of likely N-dealkylation sites (tertiary alicyclic amines) is 1. The number of hydrogen-bond donors (Lipinski definition) is 1. The summed E-state index contributed by atoms with van der Waals surface area (Å²) in [5, 5.41) is 2.86. The van der Waals surface area contributed by atoms with Crippen molar-refractivity contribution in [2.75, 3.05) is 19.7 Å². The monoisotopic (exact) mass is 320 g/mol. The second-order valence-electron chi connectivity index (χ2n) is 6.53. The first-order valence-electron chi connectivity index (χ1n) is 8.55. The number of carbonyl (C=O) groups is 3. The summed E-state index contributed by atoms with van der Waals surface area (Å²) in [5.74, 6) is -0.534. The lowest BCUT2D eigenvalue weighted by molar-refractivity contribution is -0.140. The van der Waals surface area contributed by atoms with E-state index in [-0.39, 0.29) is 35.7 Å². The molecule has 3 amide bonds. The zero-order valence-corrected chi connectivity index (χ0v) is 13.3. The smallest absolute Gasteiger partial charge is 0.233 e. The molecule has 2 heterocycles. The molecule has 0 bridgehead atoms. The summed E-state index contributed by atoms with van der Waals surface area (Å²) in [7, 11) is 0. The van der Waals surface area contributed by atoms with Gasteiger partial charge in [-0.3, -0.25) is 19.3 Å². The Kier molecular flexibility index (Phi) is 5.10. The van der Waals surface area contributed by atoms with Crippen molar-refractivity contribution in [2.45, 2.75) is 44.6 Å². The van der Waals surface area contributed by atoms with Gasteiger partial charge in [0.25, 0.3) is 0 Å². The molecule has 6 heteroatoms. The quantitative estimate of drug-likeness (QED) is 0.585. The fraction of sp³-hybridized carbons (Fsp3) is 0.706. The zero-order valence-electron chi connectivity index (χ0n) is 13.3. The lowest BCUT2D eigenvalue weighted by atomic mass is 9.85. The van der Waals surface area contributed by atoms with Crippen LogP contribution in [0.4, 0.5) is 0 Å². The molecule has 0 spiro atoms. The van der Waals surface area contributed by atoms with E-state index in [2.05, 4.69) is 5.32 Å². The number of hydrogen-bond acceptors (Lipinski definition) is 4. The molecule has 6 nitrogen and oxygen atoms in total. The third-order valence-corrected chi connectivity index (χ3v) is 4.94. The van der Waals surface area contributed by atoms with Crippen LogP contribution in [0, 0.1) is 11.8 Å². The average Bonchev–Trinajstić information content (AvgIpc) is 3.16. The fourth-order valence-electron chi connectivity index (χ4n) is 3.61. The molecule has 0 aromatic heterocycles. The molecule has 3 aliphatic rings. The van der Waals surface area contributed by atoms with Crippen LogP contribution in [0.15, 0.2) is 12.2 Å². The number of fused-ring (bicyclic) bond motifs is 1. The van der Waals surface area contributed by atoms with Crippen LogP contribution in [0.25, 0.3) is 0 Å². The Balaban J connectivity index is 1.39. The highest BCUT2D eigenvalue weighted by molar-refractivity contribution is 6.05. The first-order valence-corrected chi connectivity index (χ1v) is 8.55. The highest BCUT2D eigenvalue weighted by atomic mass is 16.5. The molecule has 1 aliphatic carbocycles. The first kappa shape index (κ1) is 16.2. The average molecular weight is 320 g/mol. The largest absolute Gasteiger partial charge is 0.376 e. The molecule has 126 valence electrons. The van der Waals surface area contributed by atoms with Crippen molar-refractivity contribution in [1.29, 1.82) is 0 Å². The molecule has 2 fully saturated rings. The van der Waals surface area contributed by atoms with Crippen LogP contribution in [0.1, 0.15) is 38.5 Å². The van der Waals surface area contributed by atoms with Crippen LogP contribution in [-0.4, -0.2) is 48.4 Å². The van der Waals surface area contributed by atoms with Gasteiger partial charge in [0.05, 0.1) is 17.9 Å². The Hall–Kier alpha value is -1.69. The number of imide groups is 1. The van der Waals surface area contributed by atoms with Gasteiger partial charge in [-0.15, -0.1) is 0 Å². The van der Waals surface area contributed by atoms with E-state index in [4.69, 9.17) is 4.74 Å². The molecule has 1 N–H and O–H groups in total. The number of amides is 3. The van der Waals surface area contributed by atoms with Gasteiger partial charge in [-0.25, -0.2) is 0 Å². The minimum Gasteiger partial charge on any atom is -0.376 e. The summed E-state index contributed by atoms with van der Waals surface area (Å²) in [6.45, 7) is 1.67. The van der Waals surface area contributed by atoms with Crippen LogP contribution in [0.5, 0.6) is 0 Å². The molecule has 0 aromatic carbocycles. The lowest BCUT2D eigenvalue weighted by Gasteiger charge is -2.15. The predicted molar refractivity (Wildman–Crippen MR) is 83.3 cm³/mol. The van der Waals surface area contributed by atoms with E-state index in [1.165, 1.54) is 4.90 Å². The van der Waals surface area contributed by atoms with Gasteiger partial charge in [-0.05, 0) is 32.1 Å². The van der Waals surface area contributed by atoms with Gasteiger partial charge in [0.2, 0.25) is 17.7 Å². The van der Waals surface area contributed by atoms with Crippen LogP contribution in [0.2, 0.25) is 0 Å². The van der Waals surface area contributed by atoms with E-state index in [0.29, 0.717) is 38.8 Å². The summed E-state index contributed by atoms with van der Waals surface area (Å²) in [6.07, 6.45) is 8.31. The van der Waals surface area contributed by atoms with Crippen molar-refractivity contribution < 1.29 is 19.1 Å². The van der Waals surface area contributed by atoms with Gasteiger partial charge in [0.15, 0.2) is 0 Å². The topological polar surface area (TPSA) is 75.7 Å². The van der Waals surface area contributed by atoms with E-state index in [9.17, 15) is 14.4 Å². The van der Waals surface area contributed by atoms with Gasteiger partial charge < -0.3 is 10.1 Å². The second-order valence-corrected chi connectivity index (χ2v) is 6.53. The Morgan fingerprint density at radius 1 is 1.22 bits per heavy atom. The van der Waals surface area contributed by atoms with E-state index in [0.717, 1.165) is 19.4 Å². The van der Waals surface area contributed by atoms with Crippen LogP contribution in [-0.2, 0) is 19.1 Å². The molecule has 0 unspecified atom stereocenters. The number of allylic oxidation sites excluding steroid dienone is 2. The zero-order chi connectivity index (χ0) is 16.2. The van der Waals surface area contributed by atoms with Crippen molar-refractivity contribution in [3.63, 3.8) is 0 Å². The number of rotatable bonds is 6. The van der Waals surface area contributed by atoms with Crippen molar-refractivity contribution in [1.82, 2.24) is 10.2 Å². The third kappa shape index (κ3) is 3.63. The Morgan fingerprint density at radius 3 is 2.52 bits per heavy atom. The molecule has 0 radical (unpaired) electrons. The van der Waals surface area contributed by atoms with Crippen molar-refractivity contribution in [3.05, 3.63) is 12.2 Å². The van der Waals surface area contributed by atoms with Crippen molar-refractivity contribution >= 4 is 17.7 Å². The van der Waals surface area contributed by atoms with Gasteiger partial charge in [-0.2, -0.15) is 0 Å². The highest BCUT2D eigenvalue weighted by Gasteiger charge is 2.46. The summed E-state index contributed by atoms with van der Waals surface area (Å²) < 4.78 is 5.45. The second kappa shape index (κ2) is 7.25. The molecular formula is C17H24N2O4. The van der Waals surface area contributed by atoms with Crippen molar-refractivity contribution in [2.24, 2.45) is 11.8 Å². The fourth-order valence-corrected chi connectivity index (χ4v) is 3.61. The van der Waals surface area contributed by atoms with Gasteiger partial charge in [0, 0.05) is 26.1 Å². The van der Waals surface area contributed by atoms with E-state index in [1.54, 1.807) is 0 Å². The molecule has 0 saturated carbocycles. The SMILES string of the molecule is O=C(CCCN1C(=O)[C@H]2CC=CC[C@@H]2C1=O)NC[C@H]1CCCO1. The molecule has 3 rings (SSSR count). The molecule has 2 saturated heterocycles. The van der Waals surface area contributed by atoms with Gasteiger partial charge in [0.1, 0.15) is 0 Å². The third-order valence-electron chi connectivity index (χ3n) is 4.94. The van der Waals surface area contributed by atoms with E-state index < -0.39 is 0 Å². The maximum atomic E-state index is 12.3. The molecule has 0 aromatic rings. The van der Waals surface area contributed by atoms with Crippen LogP contribution < -0.4 is 5.32 Å². The summed E-state index contributed by atoms with van der Waals surface area (Å²) >= 11 is 0. The van der Waals surface area contributed by atoms with Crippen LogP contribution in [0.3, 0.4) is 0 Å². The number of ether oxygens (including phenoxy) is 1. The predicted octanol–water partition coefficient (Wildman–Crippen LogP) is 1.01. The van der Waals surface area contributed by atoms with Gasteiger partial charge >= 0.3 is 0 Å². The van der Waals surface area contributed by atoms with Gasteiger partial charge in [-0.1, -0.05) is 12.2 Å². The summed E-state index contributed by atoms with van der Waals surface area (Å²) in [4.78, 5) is 37.7. The molecule has 3 atom stereocenters. The van der Waals surface area contributed by atoms with Crippen molar-refractivity contribution in [3.8, 4) is 0 Å². The minimum absolute atomic E-state index is 0.0429.